The van der Waals surface area contributed by atoms with E-state index < -0.39 is 11.7 Å². The molecule has 2 unspecified atom stereocenters. The largest absolute Gasteiger partial charge is 0.478 e. The maximum atomic E-state index is 12.5. The minimum atomic E-state index is -4.39. The van der Waals surface area contributed by atoms with Gasteiger partial charge in [0.25, 0.3) is 0 Å². The maximum absolute atomic E-state index is 12.5. The first-order valence-electron chi connectivity index (χ1n) is 8.34. The van der Waals surface area contributed by atoms with Gasteiger partial charge in [-0.1, -0.05) is 12.1 Å². The molecule has 0 amide bonds. The third-order valence-corrected chi connectivity index (χ3v) is 4.61. The molecule has 4 nitrogen and oxygen atoms in total. The highest BCUT2D eigenvalue weighted by Gasteiger charge is 2.31. The lowest BCUT2D eigenvalue weighted by atomic mass is 9.87. The van der Waals surface area contributed by atoms with Gasteiger partial charge in [0, 0.05) is 24.7 Å². The molecule has 0 bridgehead atoms. The second-order valence-corrected chi connectivity index (χ2v) is 6.28. The van der Waals surface area contributed by atoms with Gasteiger partial charge in [0.05, 0.1) is 23.8 Å². The van der Waals surface area contributed by atoms with Crippen molar-refractivity contribution in [1.29, 1.82) is 5.26 Å². The minimum absolute atomic E-state index is 0.193. The van der Waals surface area contributed by atoms with Gasteiger partial charge in [0.15, 0.2) is 0 Å². The van der Waals surface area contributed by atoms with Crippen LogP contribution in [0.5, 0.6) is 5.88 Å². The quantitative estimate of drug-likeness (QED) is 0.881. The summed E-state index contributed by atoms with van der Waals surface area (Å²) >= 11 is 0. The van der Waals surface area contributed by atoms with Crippen LogP contribution < -0.4 is 10.1 Å². The van der Waals surface area contributed by atoms with E-state index in [-0.39, 0.29) is 5.88 Å². The van der Waals surface area contributed by atoms with E-state index in [1.165, 1.54) is 11.6 Å². The SMILES string of the molecule is N#Cc1ccc(C2CNCC2CCOc2ccc(C(F)(F)F)cn2)cc1. The molecule has 1 aromatic carbocycles. The fourth-order valence-electron chi connectivity index (χ4n) is 3.18. The van der Waals surface area contributed by atoms with E-state index in [0.29, 0.717) is 24.0 Å². The van der Waals surface area contributed by atoms with E-state index in [0.717, 1.165) is 31.8 Å². The van der Waals surface area contributed by atoms with E-state index >= 15 is 0 Å². The smallest absolute Gasteiger partial charge is 0.417 e. The van der Waals surface area contributed by atoms with Gasteiger partial charge >= 0.3 is 6.18 Å². The third-order valence-electron chi connectivity index (χ3n) is 4.61. The van der Waals surface area contributed by atoms with Crippen LogP contribution in [0.4, 0.5) is 13.2 Å². The van der Waals surface area contributed by atoms with E-state index in [4.69, 9.17) is 10.00 Å². The Kier molecular flexibility index (Phi) is 5.43. The van der Waals surface area contributed by atoms with Gasteiger partial charge in [-0.15, -0.1) is 0 Å². The number of pyridine rings is 1. The zero-order valence-corrected chi connectivity index (χ0v) is 14.0. The highest BCUT2D eigenvalue weighted by atomic mass is 19.4. The summed E-state index contributed by atoms with van der Waals surface area (Å²) in [4.78, 5) is 3.72. The van der Waals surface area contributed by atoms with Gasteiger partial charge in [-0.3, -0.25) is 0 Å². The molecular weight excluding hydrogens is 343 g/mol. The van der Waals surface area contributed by atoms with Crippen LogP contribution in [0.15, 0.2) is 42.6 Å². The van der Waals surface area contributed by atoms with Gasteiger partial charge in [0.2, 0.25) is 5.88 Å². The molecule has 1 aliphatic rings. The molecule has 0 spiro atoms. The first kappa shape index (κ1) is 18.2. The van der Waals surface area contributed by atoms with Crippen molar-refractivity contribution in [2.45, 2.75) is 18.5 Å². The predicted octanol–water partition coefficient (Wildman–Crippen LogP) is 3.74. The number of ether oxygens (including phenoxy) is 1. The molecule has 0 aliphatic carbocycles. The first-order chi connectivity index (χ1) is 12.5. The Morgan fingerprint density at radius 1 is 1.15 bits per heavy atom. The molecule has 1 aromatic heterocycles. The molecule has 1 saturated heterocycles. The van der Waals surface area contributed by atoms with Crippen molar-refractivity contribution in [3.63, 3.8) is 0 Å². The number of aromatic nitrogens is 1. The summed E-state index contributed by atoms with van der Waals surface area (Å²) < 4.78 is 43.1. The van der Waals surface area contributed by atoms with E-state index in [1.807, 2.05) is 24.3 Å². The summed E-state index contributed by atoms with van der Waals surface area (Å²) in [6, 6.07) is 11.9. The number of nitrogens with one attached hydrogen (secondary N) is 1. The summed E-state index contributed by atoms with van der Waals surface area (Å²) in [5, 5.41) is 12.2. The van der Waals surface area contributed by atoms with Crippen molar-refractivity contribution in [3.05, 3.63) is 59.3 Å². The summed E-state index contributed by atoms with van der Waals surface area (Å²) in [7, 11) is 0. The van der Waals surface area contributed by atoms with Crippen molar-refractivity contribution in [3.8, 4) is 11.9 Å². The second-order valence-electron chi connectivity index (χ2n) is 6.28. The molecule has 136 valence electrons. The van der Waals surface area contributed by atoms with Crippen LogP contribution in [0.3, 0.4) is 0 Å². The van der Waals surface area contributed by atoms with Gasteiger partial charge in [-0.05, 0) is 42.6 Å². The molecule has 1 aliphatic heterocycles. The summed E-state index contributed by atoms with van der Waals surface area (Å²) in [5.41, 5.74) is 1.02. The Labute approximate surface area is 149 Å². The van der Waals surface area contributed by atoms with Gasteiger partial charge < -0.3 is 10.1 Å². The number of halogens is 3. The fraction of sp³-hybridized carbons (Fsp3) is 0.368. The summed E-state index contributed by atoms with van der Waals surface area (Å²) in [6.07, 6.45) is -2.85. The lowest BCUT2D eigenvalue weighted by Crippen LogP contribution is -2.15. The Balaban J connectivity index is 1.54. The monoisotopic (exact) mass is 361 g/mol. The lowest BCUT2D eigenvalue weighted by molar-refractivity contribution is -0.137. The maximum Gasteiger partial charge on any atom is 0.417 e. The van der Waals surface area contributed by atoms with Crippen molar-refractivity contribution in [1.82, 2.24) is 10.3 Å². The first-order valence-corrected chi connectivity index (χ1v) is 8.34. The average molecular weight is 361 g/mol. The Hall–Kier alpha value is -2.59. The van der Waals surface area contributed by atoms with Crippen LogP contribution in [0.2, 0.25) is 0 Å². The van der Waals surface area contributed by atoms with E-state index in [1.54, 1.807) is 0 Å². The van der Waals surface area contributed by atoms with Crippen LogP contribution in [-0.2, 0) is 6.18 Å². The number of rotatable bonds is 5. The van der Waals surface area contributed by atoms with Gasteiger partial charge in [0.1, 0.15) is 0 Å². The Bertz CT molecular complexity index is 767. The number of alkyl halides is 3. The van der Waals surface area contributed by atoms with Crippen molar-refractivity contribution in [2.24, 2.45) is 5.92 Å². The Morgan fingerprint density at radius 2 is 1.92 bits per heavy atom. The average Bonchev–Trinajstić information content (AvgIpc) is 3.10. The van der Waals surface area contributed by atoms with Gasteiger partial charge in [-0.25, -0.2) is 4.98 Å². The molecular formula is C19H18F3N3O. The molecule has 7 heteroatoms. The van der Waals surface area contributed by atoms with Crippen LogP contribution in [0.25, 0.3) is 0 Å². The molecule has 0 radical (unpaired) electrons. The van der Waals surface area contributed by atoms with E-state index in [2.05, 4.69) is 16.4 Å². The highest BCUT2D eigenvalue weighted by molar-refractivity contribution is 5.34. The lowest BCUT2D eigenvalue weighted by Gasteiger charge is -2.19. The molecule has 2 heterocycles. The number of benzene rings is 1. The number of hydrogen-bond donors (Lipinski definition) is 1. The highest BCUT2D eigenvalue weighted by Crippen LogP contribution is 2.31. The van der Waals surface area contributed by atoms with Crippen LogP contribution in [0, 0.1) is 17.2 Å². The number of nitrogens with zero attached hydrogens (tertiary/aromatic N) is 2. The van der Waals surface area contributed by atoms with Crippen molar-refractivity contribution >= 4 is 0 Å². The fourth-order valence-corrected chi connectivity index (χ4v) is 3.18. The van der Waals surface area contributed by atoms with Crippen LogP contribution >= 0.6 is 0 Å². The van der Waals surface area contributed by atoms with Crippen molar-refractivity contribution < 1.29 is 17.9 Å². The van der Waals surface area contributed by atoms with Crippen LogP contribution in [0.1, 0.15) is 29.0 Å². The third kappa shape index (κ3) is 4.33. The Morgan fingerprint density at radius 3 is 2.54 bits per heavy atom. The molecule has 2 aromatic rings. The summed E-state index contributed by atoms with van der Waals surface area (Å²) in [6.45, 7) is 2.10. The summed E-state index contributed by atoms with van der Waals surface area (Å²) in [5.74, 6) is 0.878. The van der Waals surface area contributed by atoms with Crippen LogP contribution in [-0.4, -0.2) is 24.7 Å². The zero-order chi connectivity index (χ0) is 18.6. The standard InChI is InChI=1S/C19H18F3N3O/c20-19(21,22)16-5-6-18(25-11-16)26-8-7-15-10-24-12-17(15)14-3-1-13(9-23)2-4-14/h1-6,11,15,17,24H,7-8,10,12H2. The zero-order valence-electron chi connectivity index (χ0n) is 14.0. The van der Waals surface area contributed by atoms with Gasteiger partial charge in [-0.2, -0.15) is 18.4 Å². The van der Waals surface area contributed by atoms with E-state index in [9.17, 15) is 13.2 Å². The minimum Gasteiger partial charge on any atom is -0.478 e. The van der Waals surface area contributed by atoms with Crippen molar-refractivity contribution in [2.75, 3.05) is 19.7 Å². The molecule has 1 fully saturated rings. The molecule has 26 heavy (non-hydrogen) atoms. The topological polar surface area (TPSA) is 57.9 Å². The number of hydrogen-bond acceptors (Lipinski definition) is 4. The molecule has 2 atom stereocenters. The number of nitriles is 1. The normalized spacial score (nSPS) is 19.9. The molecule has 1 N–H and O–H groups in total. The molecule has 0 saturated carbocycles. The predicted molar refractivity (Wildman–Crippen MR) is 89.6 cm³/mol. The second kappa shape index (κ2) is 7.75. The molecule has 3 rings (SSSR count).